The van der Waals surface area contributed by atoms with Crippen LogP contribution in [0.25, 0.3) is 0 Å². The molecule has 1 aliphatic rings. The summed E-state index contributed by atoms with van der Waals surface area (Å²) >= 11 is 0. The molecule has 1 amide bonds. The first-order valence-electron chi connectivity index (χ1n) is 7.26. The molecule has 1 aliphatic heterocycles. The lowest BCUT2D eigenvalue weighted by atomic mass is 9.88. The number of carboxylic acids is 1. The summed E-state index contributed by atoms with van der Waals surface area (Å²) in [4.78, 5) is 22.6. The molecule has 24 heavy (non-hydrogen) atoms. The van der Waals surface area contributed by atoms with E-state index >= 15 is 0 Å². The zero-order chi connectivity index (χ0) is 18.5. The summed E-state index contributed by atoms with van der Waals surface area (Å²) in [5.41, 5.74) is 0. The van der Waals surface area contributed by atoms with E-state index in [0.29, 0.717) is 0 Å². The first kappa shape index (κ1) is 20.5. The molecule has 1 rings (SSSR count). The number of amides is 1. The number of nitrogens with one attached hydrogen (secondary N) is 1. The van der Waals surface area contributed by atoms with Gasteiger partial charge in [-0.05, 0) is 0 Å². The summed E-state index contributed by atoms with van der Waals surface area (Å²) in [5.74, 6) is -5.02. The molecule has 0 aromatic carbocycles. The van der Waals surface area contributed by atoms with Crippen LogP contribution in [-0.4, -0.2) is 86.9 Å². The van der Waals surface area contributed by atoms with E-state index in [1.165, 1.54) is 13.0 Å². The average Bonchev–Trinajstić information content (AvgIpc) is 2.50. The standard InChI is InChI=1S/C14H23NO9/c1-3-4-23-11(9(19)6-16)12-10(15-7(2)17)8(18)5-14(22,24-12)13(20)21/h3,8-12,16,18-19,22H,1,4-6H2,2H3,(H,15,17)(H,20,21)/t8-,9?,10-,11?,12?,14+/m1/s1. The van der Waals surface area contributed by atoms with Gasteiger partial charge in [0.25, 0.3) is 5.79 Å². The Morgan fingerprint density at radius 1 is 1.54 bits per heavy atom. The molecular formula is C14H23NO9. The van der Waals surface area contributed by atoms with Crippen LogP contribution in [0.2, 0.25) is 0 Å². The Bertz CT molecular complexity index is 471. The molecule has 6 N–H and O–H groups in total. The van der Waals surface area contributed by atoms with Gasteiger partial charge in [0.05, 0.1) is 25.4 Å². The highest BCUT2D eigenvalue weighted by Crippen LogP contribution is 2.31. The van der Waals surface area contributed by atoms with Gasteiger partial charge in [0.2, 0.25) is 5.91 Å². The normalized spacial score (nSPS) is 32.6. The Morgan fingerprint density at radius 3 is 2.62 bits per heavy atom. The molecule has 0 radical (unpaired) electrons. The number of aliphatic hydroxyl groups excluding tert-OH is 3. The van der Waals surface area contributed by atoms with Crippen LogP contribution in [0.3, 0.4) is 0 Å². The molecule has 138 valence electrons. The van der Waals surface area contributed by atoms with Gasteiger partial charge in [0.1, 0.15) is 18.3 Å². The van der Waals surface area contributed by atoms with E-state index in [-0.39, 0.29) is 6.61 Å². The smallest absolute Gasteiger partial charge is 0.364 e. The monoisotopic (exact) mass is 349 g/mol. The minimum absolute atomic E-state index is 0.0873. The molecule has 1 fully saturated rings. The third kappa shape index (κ3) is 4.72. The van der Waals surface area contributed by atoms with Crippen molar-refractivity contribution in [2.45, 2.75) is 49.6 Å². The van der Waals surface area contributed by atoms with E-state index in [0.717, 1.165) is 0 Å². The second-order valence-electron chi connectivity index (χ2n) is 5.51. The molecule has 10 heteroatoms. The molecule has 0 aromatic heterocycles. The molecule has 0 aromatic rings. The fourth-order valence-corrected chi connectivity index (χ4v) is 2.51. The quantitative estimate of drug-likeness (QED) is 0.256. The Kier molecular flexibility index (Phi) is 7.27. The van der Waals surface area contributed by atoms with Gasteiger partial charge in [0.15, 0.2) is 0 Å². The molecule has 6 atom stereocenters. The van der Waals surface area contributed by atoms with Crippen molar-refractivity contribution in [1.82, 2.24) is 5.32 Å². The number of ether oxygens (including phenoxy) is 2. The number of carbonyl (C=O) groups excluding carboxylic acids is 1. The first-order chi connectivity index (χ1) is 11.2. The number of hydrogen-bond donors (Lipinski definition) is 6. The highest BCUT2D eigenvalue weighted by Gasteiger charge is 2.54. The lowest BCUT2D eigenvalue weighted by molar-refractivity contribution is -0.298. The van der Waals surface area contributed by atoms with Crippen molar-refractivity contribution in [2.24, 2.45) is 0 Å². The third-order valence-corrected chi connectivity index (χ3v) is 3.59. The summed E-state index contributed by atoms with van der Waals surface area (Å²) < 4.78 is 10.4. The number of carbonyl (C=O) groups is 2. The second-order valence-corrected chi connectivity index (χ2v) is 5.51. The zero-order valence-electron chi connectivity index (χ0n) is 13.2. The van der Waals surface area contributed by atoms with Gasteiger partial charge in [-0.2, -0.15) is 0 Å². The predicted molar refractivity (Wildman–Crippen MR) is 78.7 cm³/mol. The number of aliphatic hydroxyl groups is 4. The van der Waals surface area contributed by atoms with Gasteiger partial charge in [-0.15, -0.1) is 6.58 Å². The fourth-order valence-electron chi connectivity index (χ4n) is 2.51. The minimum atomic E-state index is -2.73. The molecular weight excluding hydrogens is 326 g/mol. The van der Waals surface area contributed by atoms with Gasteiger partial charge in [-0.1, -0.05) is 6.08 Å². The first-order valence-corrected chi connectivity index (χ1v) is 7.26. The molecule has 3 unspecified atom stereocenters. The largest absolute Gasteiger partial charge is 0.477 e. The zero-order valence-corrected chi connectivity index (χ0v) is 13.2. The Morgan fingerprint density at radius 2 is 2.17 bits per heavy atom. The summed E-state index contributed by atoms with van der Waals surface area (Å²) in [6.07, 6.45) is -5.16. The maximum atomic E-state index is 11.3. The molecule has 0 spiro atoms. The lowest BCUT2D eigenvalue weighted by Crippen LogP contribution is -2.67. The maximum absolute atomic E-state index is 11.3. The van der Waals surface area contributed by atoms with Crippen LogP contribution in [0.15, 0.2) is 12.7 Å². The van der Waals surface area contributed by atoms with Crippen molar-refractivity contribution < 1.29 is 44.6 Å². The van der Waals surface area contributed by atoms with E-state index in [2.05, 4.69) is 11.9 Å². The van der Waals surface area contributed by atoms with Crippen molar-refractivity contribution in [1.29, 1.82) is 0 Å². The molecule has 1 saturated heterocycles. The van der Waals surface area contributed by atoms with Crippen LogP contribution in [0.1, 0.15) is 13.3 Å². The SMILES string of the molecule is C=CCOC(C(O)CO)C1O[C@](O)(C(=O)O)C[C@@H](O)[C@H]1NC(C)=O. The number of carboxylic acid groups (broad SMARTS) is 1. The lowest BCUT2D eigenvalue weighted by Gasteiger charge is -2.45. The van der Waals surface area contributed by atoms with E-state index in [1.54, 1.807) is 0 Å². The Hall–Kier alpha value is -1.56. The van der Waals surface area contributed by atoms with Crippen molar-refractivity contribution in [3.8, 4) is 0 Å². The number of hydrogen-bond acceptors (Lipinski definition) is 8. The second kappa shape index (κ2) is 8.51. The van der Waals surface area contributed by atoms with Gasteiger partial charge in [-0.25, -0.2) is 4.79 Å². The van der Waals surface area contributed by atoms with Crippen LogP contribution in [-0.2, 0) is 19.1 Å². The number of rotatable bonds is 8. The van der Waals surface area contributed by atoms with Crippen molar-refractivity contribution in [3.05, 3.63) is 12.7 Å². The fraction of sp³-hybridized carbons (Fsp3) is 0.714. The van der Waals surface area contributed by atoms with Crippen molar-refractivity contribution >= 4 is 11.9 Å². The van der Waals surface area contributed by atoms with Crippen LogP contribution >= 0.6 is 0 Å². The highest BCUT2D eigenvalue weighted by atomic mass is 16.7. The van der Waals surface area contributed by atoms with E-state index in [9.17, 15) is 24.9 Å². The third-order valence-electron chi connectivity index (χ3n) is 3.59. The molecule has 0 aliphatic carbocycles. The minimum Gasteiger partial charge on any atom is -0.477 e. The Balaban J connectivity index is 3.20. The van der Waals surface area contributed by atoms with Crippen LogP contribution in [0.4, 0.5) is 0 Å². The van der Waals surface area contributed by atoms with Crippen LogP contribution in [0, 0.1) is 0 Å². The summed E-state index contributed by atoms with van der Waals surface area (Å²) in [6, 6.07) is -1.17. The molecule has 0 bridgehead atoms. The van der Waals surface area contributed by atoms with Gasteiger partial charge >= 0.3 is 5.97 Å². The molecule has 0 saturated carbocycles. The van der Waals surface area contributed by atoms with Gasteiger partial charge in [-0.3, -0.25) is 4.79 Å². The topological polar surface area (TPSA) is 166 Å². The van der Waals surface area contributed by atoms with Crippen molar-refractivity contribution in [3.63, 3.8) is 0 Å². The maximum Gasteiger partial charge on any atom is 0.364 e. The molecule has 10 nitrogen and oxygen atoms in total. The summed E-state index contributed by atoms with van der Waals surface area (Å²) in [6.45, 7) is 3.76. The van der Waals surface area contributed by atoms with Crippen molar-refractivity contribution in [2.75, 3.05) is 13.2 Å². The van der Waals surface area contributed by atoms with Gasteiger partial charge < -0.3 is 40.3 Å². The summed E-state index contributed by atoms with van der Waals surface area (Å²) in [7, 11) is 0. The van der Waals surface area contributed by atoms with E-state index in [4.69, 9.17) is 19.7 Å². The summed E-state index contributed by atoms with van der Waals surface area (Å²) in [5, 5.41) is 50.8. The van der Waals surface area contributed by atoms with E-state index in [1.807, 2.05) is 0 Å². The van der Waals surface area contributed by atoms with Gasteiger partial charge in [0, 0.05) is 13.3 Å². The number of aliphatic carboxylic acids is 1. The van der Waals surface area contributed by atoms with Crippen LogP contribution in [0.5, 0.6) is 0 Å². The van der Waals surface area contributed by atoms with Crippen LogP contribution < -0.4 is 5.32 Å². The Labute approximate surface area is 138 Å². The highest BCUT2D eigenvalue weighted by molar-refractivity contribution is 5.76. The average molecular weight is 349 g/mol. The van der Waals surface area contributed by atoms with E-state index < -0.39 is 61.1 Å². The molecule has 1 heterocycles. The predicted octanol–water partition coefficient (Wildman–Crippen LogP) is -2.66.